The molecule has 0 radical (unpaired) electrons. The van der Waals surface area contributed by atoms with E-state index in [0.29, 0.717) is 38.0 Å². The Morgan fingerprint density at radius 1 is 1.15 bits per heavy atom. The quantitative estimate of drug-likeness (QED) is 0.528. The maximum absolute atomic E-state index is 11.3. The highest BCUT2D eigenvalue weighted by Gasteiger charge is 2.28. The van der Waals surface area contributed by atoms with Crippen molar-refractivity contribution in [3.05, 3.63) is 53.2 Å². The number of para-hydroxylation sites is 1. The van der Waals surface area contributed by atoms with Crippen LogP contribution in [0, 0.1) is 0 Å². The number of hydrogen-bond acceptors (Lipinski definition) is 6. The summed E-state index contributed by atoms with van der Waals surface area (Å²) < 4.78 is 13.4. The minimum Gasteiger partial charge on any atom is -0.491 e. The Bertz CT molecular complexity index is 978. The summed E-state index contributed by atoms with van der Waals surface area (Å²) in [6.07, 6.45) is 8.39. The third-order valence-electron chi connectivity index (χ3n) is 6.42. The second kappa shape index (κ2) is 10.9. The number of hydroxylamine groups is 1. The summed E-state index contributed by atoms with van der Waals surface area (Å²) in [4.78, 5) is 13.7. The molecule has 4 rings (SSSR count). The van der Waals surface area contributed by atoms with E-state index in [1.807, 2.05) is 13.0 Å². The van der Waals surface area contributed by atoms with Crippen LogP contribution < -0.4 is 9.80 Å². The lowest BCUT2D eigenvalue weighted by atomic mass is 9.88. The molecule has 1 fully saturated rings. The second-order valence-corrected chi connectivity index (χ2v) is 8.46. The number of aromatic carboxylic acids is 1. The van der Waals surface area contributed by atoms with E-state index in [1.54, 1.807) is 24.3 Å². The number of benzene rings is 1. The van der Waals surface area contributed by atoms with E-state index in [0.717, 1.165) is 50.4 Å². The van der Waals surface area contributed by atoms with Crippen molar-refractivity contribution in [2.45, 2.75) is 32.2 Å². The largest absolute Gasteiger partial charge is 0.491 e. The zero-order valence-electron chi connectivity index (χ0n) is 19.2. The number of ether oxygens (including phenoxy) is 2. The third-order valence-corrected chi connectivity index (χ3v) is 6.42. The fraction of sp³-hybridized carbons (Fsp3) is 0.480. The summed E-state index contributed by atoms with van der Waals surface area (Å²) in [7, 11) is 0. The Hall–Kier alpha value is -2.81. The molecule has 0 spiro atoms. The lowest BCUT2D eigenvalue weighted by molar-refractivity contribution is 0.0691. The summed E-state index contributed by atoms with van der Waals surface area (Å²) in [5.74, 6) is 0.743. The lowest BCUT2D eigenvalue weighted by Crippen LogP contribution is -2.36. The monoisotopic (exact) mass is 455 g/mol. The van der Waals surface area contributed by atoms with Gasteiger partial charge in [0.05, 0.1) is 13.2 Å². The molecule has 2 aliphatic heterocycles. The van der Waals surface area contributed by atoms with Crippen molar-refractivity contribution in [1.29, 1.82) is 0 Å². The van der Waals surface area contributed by atoms with Gasteiger partial charge in [-0.05, 0) is 56.5 Å². The molecule has 8 nitrogen and oxygen atoms in total. The maximum atomic E-state index is 11.3. The summed E-state index contributed by atoms with van der Waals surface area (Å²) in [5, 5.41) is 21.1. The van der Waals surface area contributed by atoms with Crippen molar-refractivity contribution in [2.24, 2.45) is 0 Å². The molecule has 0 unspecified atom stereocenters. The smallest absolute Gasteiger partial charge is 0.339 e. The Kier molecular flexibility index (Phi) is 7.69. The zero-order chi connectivity index (χ0) is 23.2. The Morgan fingerprint density at radius 2 is 1.94 bits per heavy atom. The molecule has 0 saturated carbocycles. The van der Waals surface area contributed by atoms with Crippen molar-refractivity contribution in [2.75, 3.05) is 51.1 Å². The van der Waals surface area contributed by atoms with Gasteiger partial charge in [0, 0.05) is 31.5 Å². The van der Waals surface area contributed by atoms with E-state index < -0.39 is 5.97 Å². The van der Waals surface area contributed by atoms with Gasteiger partial charge in [0.25, 0.3) is 0 Å². The van der Waals surface area contributed by atoms with Crippen molar-refractivity contribution < 1.29 is 24.6 Å². The van der Waals surface area contributed by atoms with Crippen LogP contribution in [0.1, 0.15) is 47.2 Å². The summed E-state index contributed by atoms with van der Waals surface area (Å²) in [6.45, 7) is 7.64. The van der Waals surface area contributed by atoms with Crippen molar-refractivity contribution in [1.82, 2.24) is 9.47 Å². The van der Waals surface area contributed by atoms with Crippen LogP contribution >= 0.6 is 0 Å². The number of aromatic nitrogens is 1. The first-order chi connectivity index (χ1) is 16.1. The number of carboxylic acids is 1. The molecule has 1 saturated heterocycles. The highest BCUT2D eigenvalue weighted by molar-refractivity contribution is 5.90. The molecule has 178 valence electrons. The number of nitrogens with zero attached hydrogens (tertiary/aromatic N) is 3. The number of anilines is 1. The van der Waals surface area contributed by atoms with E-state index in [-0.39, 0.29) is 5.56 Å². The van der Waals surface area contributed by atoms with Crippen LogP contribution in [-0.4, -0.2) is 71.7 Å². The predicted molar refractivity (Wildman–Crippen MR) is 126 cm³/mol. The number of piperidine rings is 1. The normalized spacial score (nSPS) is 16.7. The molecule has 0 bridgehead atoms. The Labute approximate surface area is 194 Å². The van der Waals surface area contributed by atoms with Crippen LogP contribution in [-0.2, 0) is 11.3 Å². The highest BCUT2D eigenvalue weighted by atomic mass is 16.5. The average Bonchev–Trinajstić information content (AvgIpc) is 3.20. The van der Waals surface area contributed by atoms with Crippen LogP contribution in [0.5, 0.6) is 5.75 Å². The van der Waals surface area contributed by atoms with Gasteiger partial charge in [-0.2, -0.15) is 0 Å². The first-order valence-corrected chi connectivity index (χ1v) is 11.7. The van der Waals surface area contributed by atoms with Gasteiger partial charge in [0.15, 0.2) is 0 Å². The van der Waals surface area contributed by atoms with Gasteiger partial charge in [-0.25, -0.2) is 9.86 Å². The standard InChI is InChI=1S/C25H33N3O5/c1-2-32-16-15-27-18-22(20-7-5-11-28(31)24(20)27)19-9-12-26(13-10-19)14-17-33-23-8-4-3-6-21(23)25(29)30/h3-8,18-19,31H,2,9-17H2,1H3,(H,29,30). The van der Waals surface area contributed by atoms with Crippen LogP contribution in [0.25, 0.3) is 6.08 Å². The molecule has 1 aromatic carbocycles. The molecule has 33 heavy (non-hydrogen) atoms. The maximum Gasteiger partial charge on any atom is 0.339 e. The summed E-state index contributed by atoms with van der Waals surface area (Å²) in [6, 6.07) is 6.75. The molecule has 0 aliphatic carbocycles. The molecule has 2 aliphatic rings. The molecular weight excluding hydrogens is 422 g/mol. The van der Waals surface area contributed by atoms with E-state index in [9.17, 15) is 15.1 Å². The fourth-order valence-corrected chi connectivity index (χ4v) is 4.72. The number of carboxylic acid groups (broad SMARTS) is 1. The molecule has 8 heteroatoms. The van der Waals surface area contributed by atoms with Crippen molar-refractivity contribution in [3.8, 4) is 5.75 Å². The molecule has 0 atom stereocenters. The number of likely N-dealkylation sites (tertiary alicyclic amines) is 1. The van der Waals surface area contributed by atoms with Crippen molar-refractivity contribution in [3.63, 3.8) is 0 Å². The van der Waals surface area contributed by atoms with Crippen LogP contribution in [0.15, 0.2) is 36.5 Å². The predicted octanol–water partition coefficient (Wildman–Crippen LogP) is 3.70. The molecule has 1 aromatic heterocycles. The minimum absolute atomic E-state index is 0.195. The lowest BCUT2D eigenvalue weighted by Gasteiger charge is -2.32. The minimum atomic E-state index is -0.974. The van der Waals surface area contributed by atoms with Gasteiger partial charge in [-0.1, -0.05) is 24.3 Å². The van der Waals surface area contributed by atoms with Crippen LogP contribution in [0.3, 0.4) is 0 Å². The molecule has 2 N–H and O–H groups in total. The second-order valence-electron chi connectivity index (χ2n) is 8.46. The van der Waals surface area contributed by atoms with Crippen molar-refractivity contribution >= 4 is 17.9 Å². The van der Waals surface area contributed by atoms with Crippen LogP contribution in [0.4, 0.5) is 5.82 Å². The average molecular weight is 456 g/mol. The van der Waals surface area contributed by atoms with E-state index in [1.165, 1.54) is 10.6 Å². The van der Waals surface area contributed by atoms with E-state index in [4.69, 9.17) is 9.47 Å². The number of carbonyl (C=O) groups is 1. The fourth-order valence-electron chi connectivity index (χ4n) is 4.72. The number of rotatable bonds is 10. The van der Waals surface area contributed by atoms with Gasteiger partial charge in [-0.15, -0.1) is 0 Å². The van der Waals surface area contributed by atoms with Gasteiger partial charge >= 0.3 is 5.97 Å². The highest BCUT2D eigenvalue weighted by Crippen LogP contribution is 2.38. The summed E-state index contributed by atoms with van der Waals surface area (Å²) in [5.41, 5.74) is 2.61. The summed E-state index contributed by atoms with van der Waals surface area (Å²) >= 11 is 0. The van der Waals surface area contributed by atoms with Gasteiger partial charge in [0.2, 0.25) is 0 Å². The molecule has 3 heterocycles. The topological polar surface area (TPSA) is 87.4 Å². The number of fused-ring (bicyclic) bond motifs is 1. The Morgan fingerprint density at radius 3 is 2.70 bits per heavy atom. The van der Waals surface area contributed by atoms with Gasteiger partial charge in [0.1, 0.15) is 23.7 Å². The van der Waals surface area contributed by atoms with Gasteiger partial charge < -0.3 is 19.1 Å². The first-order valence-electron chi connectivity index (χ1n) is 11.7. The van der Waals surface area contributed by atoms with E-state index in [2.05, 4.69) is 21.7 Å². The zero-order valence-corrected chi connectivity index (χ0v) is 19.2. The first kappa shape index (κ1) is 23.4. The molecular formula is C25H33N3O5. The molecule has 2 aromatic rings. The third kappa shape index (κ3) is 5.40. The molecule has 0 amide bonds. The van der Waals surface area contributed by atoms with E-state index >= 15 is 0 Å². The Balaban J connectivity index is 1.34. The van der Waals surface area contributed by atoms with Gasteiger partial charge in [-0.3, -0.25) is 10.1 Å². The number of hydrogen-bond donors (Lipinski definition) is 2. The van der Waals surface area contributed by atoms with Crippen LogP contribution in [0.2, 0.25) is 0 Å². The SMILES string of the molecule is CCOCCn1cc(C2CCN(CCOc3ccccc3C(=O)O)CC2)c2c1N(O)CC=C2.